The molecule has 5 aromatic rings. The number of hydrogen-bond acceptors (Lipinski definition) is 29. The van der Waals surface area contributed by atoms with Gasteiger partial charge in [0.05, 0.1) is 108 Å². The topological polar surface area (TPSA) is 460 Å². The number of ketones is 3. The molecule has 1 saturated carbocycles. The smallest absolute Gasteiger partial charge is 0.329 e. The van der Waals surface area contributed by atoms with Crippen LogP contribution >= 0.6 is 0 Å². The van der Waals surface area contributed by atoms with Gasteiger partial charge in [-0.1, -0.05) is 69.4 Å². The lowest BCUT2D eigenvalue weighted by atomic mass is 9.80. The summed E-state index contributed by atoms with van der Waals surface area (Å²) in [5.41, 5.74) is 24.0. The SMILES string of the molecule is COC1C[C@@H]2CC[C@@H](C)[C@@](O)(O2)C(=O)C(=O)N2CCCCC2C(=O)OC([C@H](N)CC2CCC(OCCCCc3cn(CCOCCOCCOCCOCCOCCC(=O)NCCCCn4nc(-c5ccc6oc(N)nc6c5)c5c(N)ncnc54)nn3)[C@H](O)C2)CC(=O)C(C)/C=C(\C)C(O)[C@@H](O)C(=O)C(C)CC(C)/C=C/C=C/C=C/1C. The van der Waals surface area contributed by atoms with Gasteiger partial charge in [-0.15, -0.1) is 5.10 Å². The number of oxazole rings is 1. The van der Waals surface area contributed by atoms with Crippen molar-refractivity contribution < 1.29 is 96.2 Å². The second kappa shape index (κ2) is 46.3. The molecule has 15 atom stereocenters. The summed E-state index contributed by atoms with van der Waals surface area (Å²) in [5.74, 6) is -8.95. The monoisotopic (exact) mass is 1620 g/mol. The van der Waals surface area contributed by atoms with Crippen molar-refractivity contribution >= 4 is 69.1 Å². The maximum Gasteiger partial charge on any atom is 0.329 e. The molecule has 1 aromatic carbocycles. The van der Waals surface area contributed by atoms with Gasteiger partial charge in [0.2, 0.25) is 11.7 Å². The van der Waals surface area contributed by atoms with Gasteiger partial charge >= 0.3 is 5.97 Å². The number of unbranched alkanes of at least 4 members (excludes halogenated alkanes) is 2. The Balaban J connectivity index is 0.626. The highest BCUT2D eigenvalue weighted by Gasteiger charge is 2.53. The number of methoxy groups -OCH3 is 1. The lowest BCUT2D eigenvalue weighted by Gasteiger charge is -2.42. The molecule has 9 rings (SSSR count). The minimum atomic E-state index is -2.50. The number of carbonyl (C=O) groups is 6. The number of Topliss-reactive ketones (excluding diaryl/α,β-unsaturated/α-hetero) is 3. The molecule has 116 heavy (non-hydrogen) atoms. The molecule has 7 heterocycles. The van der Waals surface area contributed by atoms with E-state index in [1.807, 2.05) is 62.6 Å². The van der Waals surface area contributed by atoms with Gasteiger partial charge < -0.3 is 94.9 Å². The predicted octanol–water partition coefficient (Wildman–Crippen LogP) is 6.38. The zero-order chi connectivity index (χ0) is 83.3. The molecule has 4 aromatic heterocycles. The number of aliphatic hydroxyl groups is 4. The van der Waals surface area contributed by atoms with Crippen LogP contribution in [0.2, 0.25) is 0 Å². The Kier molecular flexibility index (Phi) is 36.6. The second-order valence-corrected chi connectivity index (χ2v) is 31.3. The van der Waals surface area contributed by atoms with Crippen LogP contribution in [0.1, 0.15) is 156 Å². The van der Waals surface area contributed by atoms with E-state index in [0.717, 1.165) is 41.0 Å². The number of ether oxygens (including phenoxy) is 9. The molecule has 0 spiro atoms. The summed E-state index contributed by atoms with van der Waals surface area (Å²) >= 11 is 0. The quantitative estimate of drug-likeness (QED) is 0.00957. The van der Waals surface area contributed by atoms with E-state index >= 15 is 0 Å². The fourth-order valence-corrected chi connectivity index (χ4v) is 15.3. The molecule has 0 radical (unpaired) electrons. The number of aliphatic hydroxyl groups excluding tert-OH is 3. The van der Waals surface area contributed by atoms with Crippen molar-refractivity contribution in [2.75, 3.05) is 104 Å². The number of piperidine rings is 1. The van der Waals surface area contributed by atoms with Gasteiger partial charge in [-0.25, -0.2) is 24.1 Å². The van der Waals surface area contributed by atoms with Crippen LogP contribution in [0.5, 0.6) is 0 Å². The number of amides is 2. The number of nitrogens with two attached hydrogens (primary N) is 3. The standard InChI is InChI=1S/C83H123N13O20/c1-52-17-9-8-10-18-53(2)69(107-7)48-61-24-21-57(6)83(106,116-61)77(103)80(104)95-29-14-11-20-64(95)81(105)114-70(49-65(97)54(3)44-56(5)75(101)76(102)74(100)55(4)43-52)62(84)45-58-22-25-68(66(98)46-58)113-32-16-12-19-60-50-94(93-91-60)31-34-109-36-38-111-40-42-112-41-39-110-37-35-108-33-27-71(99)87-28-13-15-30-96-79-72(78(85)88-51-89-79)73(92-96)59-23-26-67-63(47-59)90-82(86)115-67/h8-10,17-18,23,26,44,47,50-52,54-55,57-58,61-62,64,66,68-70,75-76,98,101-102,106H,11-16,19-22,24-25,27-43,45-46,48-49,84H2,1-7H3,(H2,86,90)(H,87,99)(H2,85,88,89)/b10-8+,17-9+,53-18+,56-44+/t52?,54?,55?,57-,58?,61+,62-,64?,66-,68?,69?,70?,75?,76+,83-/m1/s1. The van der Waals surface area contributed by atoms with Crippen LogP contribution < -0.4 is 22.5 Å². The Morgan fingerprint density at radius 3 is 2.25 bits per heavy atom. The lowest BCUT2D eigenvalue weighted by Crippen LogP contribution is -2.61. The van der Waals surface area contributed by atoms with E-state index in [4.69, 9.17) is 69.3 Å². The first kappa shape index (κ1) is 91.7. The number of nitrogens with zero attached hydrogens (tertiary/aromatic N) is 9. The number of rotatable bonds is 34. The van der Waals surface area contributed by atoms with Crippen LogP contribution in [0.3, 0.4) is 0 Å². The van der Waals surface area contributed by atoms with E-state index in [-0.39, 0.29) is 74.6 Å². The van der Waals surface area contributed by atoms with Crippen molar-refractivity contribution in [2.45, 2.75) is 231 Å². The summed E-state index contributed by atoms with van der Waals surface area (Å²) in [4.78, 5) is 97.7. The molecular formula is C83H123N13O20. The average molecular weight is 1620 g/mol. The largest absolute Gasteiger partial charge is 0.459 e. The number of allylic oxidation sites excluding steroid dienone is 6. The summed E-state index contributed by atoms with van der Waals surface area (Å²) in [6.07, 6.45) is 14.9. The summed E-state index contributed by atoms with van der Waals surface area (Å²) in [6, 6.07) is 3.35. The van der Waals surface area contributed by atoms with E-state index in [1.54, 1.807) is 43.3 Å². The molecule has 2 bridgehead atoms. The Bertz CT molecular complexity index is 4110. The number of fused-ring (bicyclic) bond motifs is 5. The highest BCUT2D eigenvalue weighted by Crippen LogP contribution is 2.38. The van der Waals surface area contributed by atoms with E-state index < -0.39 is 108 Å². The van der Waals surface area contributed by atoms with Gasteiger partial charge in [0.25, 0.3) is 17.7 Å². The van der Waals surface area contributed by atoms with Crippen molar-refractivity contribution in [3.63, 3.8) is 0 Å². The molecule has 640 valence electrons. The molecule has 11 N–H and O–H groups in total. The van der Waals surface area contributed by atoms with E-state index in [9.17, 15) is 49.2 Å². The number of aromatic nitrogens is 8. The summed E-state index contributed by atoms with van der Waals surface area (Å²) in [5, 5.41) is 63.0. The van der Waals surface area contributed by atoms with Crippen molar-refractivity contribution in [1.82, 2.24) is 49.9 Å². The first-order chi connectivity index (χ1) is 55.8. The molecule has 2 amide bonds. The van der Waals surface area contributed by atoms with Crippen molar-refractivity contribution in [3.05, 3.63) is 84.0 Å². The highest BCUT2D eigenvalue weighted by atomic mass is 16.6. The van der Waals surface area contributed by atoms with Gasteiger partial charge in [0.15, 0.2) is 17.0 Å². The minimum absolute atomic E-state index is 0.0113. The highest BCUT2D eigenvalue weighted by molar-refractivity contribution is 6.39. The number of esters is 1. The van der Waals surface area contributed by atoms with Crippen LogP contribution in [0.25, 0.3) is 33.4 Å². The predicted molar refractivity (Wildman–Crippen MR) is 429 cm³/mol. The normalized spacial score (nSPS) is 27.9. The zero-order valence-electron chi connectivity index (χ0n) is 68.3. The Morgan fingerprint density at radius 2 is 1.52 bits per heavy atom. The molecule has 4 aliphatic rings. The fourth-order valence-electron chi connectivity index (χ4n) is 15.3. The third kappa shape index (κ3) is 26.9. The number of cyclic esters (lactones) is 1. The number of anilines is 2. The van der Waals surface area contributed by atoms with Crippen molar-refractivity contribution in [2.24, 2.45) is 35.3 Å². The van der Waals surface area contributed by atoms with E-state index in [0.29, 0.717) is 184 Å². The summed E-state index contributed by atoms with van der Waals surface area (Å²) < 4.78 is 61.6. The molecule has 3 fully saturated rings. The van der Waals surface area contributed by atoms with E-state index in [1.165, 1.54) is 19.3 Å². The Morgan fingerprint density at radius 1 is 0.784 bits per heavy atom. The van der Waals surface area contributed by atoms with Crippen LogP contribution in [0.15, 0.2) is 82.7 Å². The number of carbonyl (C=O) groups excluding carboxylic acids is 6. The van der Waals surface area contributed by atoms with Crippen LogP contribution in [0, 0.1) is 29.6 Å². The van der Waals surface area contributed by atoms with Crippen LogP contribution in [0.4, 0.5) is 11.8 Å². The fraction of sp³-hybridized carbons (Fsp3) is 0.663. The second-order valence-electron chi connectivity index (χ2n) is 31.3. The average Bonchev–Trinajstić information content (AvgIpc) is 1.54. The van der Waals surface area contributed by atoms with E-state index in [2.05, 4.69) is 30.6 Å². The Labute approximate surface area is 678 Å². The summed E-state index contributed by atoms with van der Waals surface area (Å²) in [6.45, 7) is 16.1. The van der Waals surface area contributed by atoms with Crippen molar-refractivity contribution in [3.8, 4) is 11.3 Å². The van der Waals surface area contributed by atoms with Gasteiger partial charge in [-0.2, -0.15) is 10.1 Å². The van der Waals surface area contributed by atoms with Gasteiger partial charge in [0.1, 0.15) is 53.5 Å². The number of hydrogen-bond donors (Lipinski definition) is 8. The van der Waals surface area contributed by atoms with Crippen molar-refractivity contribution in [1.29, 1.82) is 0 Å². The van der Waals surface area contributed by atoms with Gasteiger partial charge in [-0.3, -0.25) is 24.0 Å². The molecule has 2 saturated heterocycles. The summed E-state index contributed by atoms with van der Waals surface area (Å²) in [7, 11) is 1.55. The maximum atomic E-state index is 14.6. The molecule has 33 nitrogen and oxygen atoms in total. The Hall–Kier alpha value is -8.16. The first-order valence-electron chi connectivity index (χ1n) is 41.2. The molecule has 1 aliphatic carbocycles. The third-order valence-corrected chi connectivity index (χ3v) is 22.2. The lowest BCUT2D eigenvalue weighted by molar-refractivity contribution is -0.265. The zero-order valence-corrected chi connectivity index (χ0v) is 68.3. The number of aryl methyl sites for hydroxylation is 2. The molecule has 3 aliphatic heterocycles. The van der Waals surface area contributed by atoms with Gasteiger partial charge in [-0.05, 0) is 151 Å². The maximum absolute atomic E-state index is 14.6. The third-order valence-electron chi connectivity index (χ3n) is 22.2. The molecule has 9 unspecified atom stereocenters. The van der Waals surface area contributed by atoms with Crippen LogP contribution in [-0.4, -0.2) is 254 Å². The van der Waals surface area contributed by atoms with Crippen LogP contribution in [-0.2, 0) is 90.9 Å². The number of nitrogens with one attached hydrogen (secondary N) is 1. The minimum Gasteiger partial charge on any atom is -0.459 e. The number of nitrogen functional groups attached to an aromatic ring is 2. The molecule has 33 heteroatoms. The molecular weight excluding hydrogens is 1500 g/mol. The number of benzene rings is 1. The first-order valence-corrected chi connectivity index (χ1v) is 41.2. The van der Waals surface area contributed by atoms with Gasteiger partial charge in [0, 0.05) is 88.2 Å².